The molecule has 0 unspecified atom stereocenters. The van der Waals surface area contributed by atoms with Crippen molar-refractivity contribution in [1.29, 1.82) is 0 Å². The quantitative estimate of drug-likeness (QED) is 0.720. The predicted octanol–water partition coefficient (Wildman–Crippen LogP) is 2.81. The molecule has 5 nitrogen and oxygen atoms in total. The van der Waals surface area contributed by atoms with E-state index in [-0.39, 0.29) is 0 Å². The van der Waals surface area contributed by atoms with E-state index in [9.17, 15) is 0 Å². The number of fused-ring (bicyclic) bond motifs is 1. The maximum absolute atomic E-state index is 5.75. The SMILES string of the molecule is Cc1noc(C)c1COc1nncc2ccccc12. The first-order valence-electron chi connectivity index (χ1n) is 6.00. The zero-order chi connectivity index (χ0) is 13.2. The van der Waals surface area contributed by atoms with E-state index in [0.29, 0.717) is 12.5 Å². The zero-order valence-corrected chi connectivity index (χ0v) is 10.8. The lowest BCUT2D eigenvalue weighted by molar-refractivity contribution is 0.290. The first-order valence-corrected chi connectivity index (χ1v) is 6.00. The van der Waals surface area contributed by atoms with Crippen LogP contribution in [0.25, 0.3) is 10.8 Å². The summed E-state index contributed by atoms with van der Waals surface area (Å²) in [5, 5.41) is 13.8. The third-order valence-corrected chi connectivity index (χ3v) is 3.07. The average Bonchev–Trinajstić information content (AvgIpc) is 2.76. The van der Waals surface area contributed by atoms with Gasteiger partial charge in [0.2, 0.25) is 5.88 Å². The summed E-state index contributed by atoms with van der Waals surface area (Å²) in [7, 11) is 0. The molecule has 0 N–H and O–H groups in total. The number of hydrogen-bond acceptors (Lipinski definition) is 5. The van der Waals surface area contributed by atoms with Crippen LogP contribution in [0.15, 0.2) is 35.0 Å². The molecule has 0 saturated carbocycles. The normalized spacial score (nSPS) is 10.8. The van der Waals surface area contributed by atoms with Gasteiger partial charge in [0.1, 0.15) is 12.4 Å². The van der Waals surface area contributed by atoms with Gasteiger partial charge in [0.25, 0.3) is 0 Å². The van der Waals surface area contributed by atoms with Crippen molar-refractivity contribution in [2.24, 2.45) is 0 Å². The van der Waals surface area contributed by atoms with Crippen molar-refractivity contribution in [2.75, 3.05) is 0 Å². The van der Waals surface area contributed by atoms with Crippen LogP contribution in [0.3, 0.4) is 0 Å². The predicted molar refractivity (Wildman–Crippen MR) is 69.8 cm³/mol. The molecule has 3 aromatic rings. The van der Waals surface area contributed by atoms with Crippen molar-refractivity contribution < 1.29 is 9.26 Å². The van der Waals surface area contributed by atoms with Crippen LogP contribution in [0, 0.1) is 13.8 Å². The Morgan fingerprint density at radius 1 is 1.21 bits per heavy atom. The van der Waals surface area contributed by atoms with E-state index in [1.54, 1.807) is 6.20 Å². The third-order valence-electron chi connectivity index (χ3n) is 3.07. The summed E-state index contributed by atoms with van der Waals surface area (Å²) in [6.07, 6.45) is 1.72. The van der Waals surface area contributed by atoms with Crippen LogP contribution in [-0.4, -0.2) is 15.4 Å². The van der Waals surface area contributed by atoms with Gasteiger partial charge in [-0.2, -0.15) is 5.10 Å². The maximum atomic E-state index is 5.75. The molecule has 0 aliphatic carbocycles. The molecule has 1 aromatic carbocycles. The van der Waals surface area contributed by atoms with Gasteiger partial charge < -0.3 is 9.26 Å². The average molecular weight is 255 g/mol. The molecule has 0 amide bonds. The molecule has 0 spiro atoms. The minimum atomic E-state index is 0.379. The lowest BCUT2D eigenvalue weighted by Crippen LogP contribution is -2.00. The molecular weight excluding hydrogens is 242 g/mol. The van der Waals surface area contributed by atoms with E-state index in [4.69, 9.17) is 9.26 Å². The van der Waals surface area contributed by atoms with Gasteiger partial charge in [-0.05, 0) is 19.9 Å². The summed E-state index contributed by atoms with van der Waals surface area (Å²) in [5.41, 5.74) is 1.79. The van der Waals surface area contributed by atoms with Gasteiger partial charge in [0, 0.05) is 10.8 Å². The molecule has 96 valence electrons. The number of rotatable bonds is 3. The maximum Gasteiger partial charge on any atom is 0.241 e. The molecule has 0 bridgehead atoms. The number of hydrogen-bond donors (Lipinski definition) is 0. The van der Waals surface area contributed by atoms with Gasteiger partial charge in [0.05, 0.1) is 17.5 Å². The van der Waals surface area contributed by atoms with Crippen LogP contribution < -0.4 is 4.74 Å². The minimum absolute atomic E-state index is 0.379. The van der Waals surface area contributed by atoms with E-state index >= 15 is 0 Å². The lowest BCUT2D eigenvalue weighted by atomic mass is 10.2. The first kappa shape index (κ1) is 11.6. The third kappa shape index (κ3) is 2.14. The van der Waals surface area contributed by atoms with Gasteiger partial charge in [-0.15, -0.1) is 5.10 Å². The summed E-state index contributed by atoms with van der Waals surface area (Å²) in [6, 6.07) is 7.86. The summed E-state index contributed by atoms with van der Waals surface area (Å²) in [6.45, 7) is 4.14. The Morgan fingerprint density at radius 2 is 2.05 bits per heavy atom. The fourth-order valence-electron chi connectivity index (χ4n) is 1.96. The Kier molecular flexibility index (Phi) is 2.87. The van der Waals surface area contributed by atoms with Crippen LogP contribution in [-0.2, 0) is 6.61 Å². The number of aromatic nitrogens is 3. The second kappa shape index (κ2) is 4.68. The molecule has 5 heteroatoms. The molecule has 0 radical (unpaired) electrons. The summed E-state index contributed by atoms with van der Waals surface area (Å²) < 4.78 is 10.9. The van der Waals surface area contributed by atoms with Crippen LogP contribution in [0.5, 0.6) is 5.88 Å². The minimum Gasteiger partial charge on any atom is -0.471 e. The topological polar surface area (TPSA) is 61.0 Å². The van der Waals surface area contributed by atoms with Crippen LogP contribution >= 0.6 is 0 Å². The highest BCUT2D eigenvalue weighted by molar-refractivity contribution is 5.85. The molecule has 0 aliphatic rings. The Bertz CT molecular complexity index is 697. The highest BCUT2D eigenvalue weighted by atomic mass is 16.5. The van der Waals surface area contributed by atoms with Gasteiger partial charge in [0.15, 0.2) is 0 Å². The molecule has 19 heavy (non-hydrogen) atoms. The molecule has 2 heterocycles. The van der Waals surface area contributed by atoms with Crippen LogP contribution in [0.4, 0.5) is 0 Å². The molecule has 0 atom stereocenters. The van der Waals surface area contributed by atoms with Crippen LogP contribution in [0.1, 0.15) is 17.0 Å². The monoisotopic (exact) mass is 255 g/mol. The van der Waals surface area contributed by atoms with Gasteiger partial charge >= 0.3 is 0 Å². The Hall–Kier alpha value is -2.43. The lowest BCUT2D eigenvalue weighted by Gasteiger charge is -2.06. The smallest absolute Gasteiger partial charge is 0.241 e. The van der Waals surface area contributed by atoms with Crippen molar-refractivity contribution in [3.05, 3.63) is 47.5 Å². The second-order valence-electron chi connectivity index (χ2n) is 4.33. The summed E-state index contributed by atoms with van der Waals surface area (Å²) in [5.74, 6) is 1.30. The van der Waals surface area contributed by atoms with E-state index in [1.165, 1.54) is 0 Å². The van der Waals surface area contributed by atoms with Crippen molar-refractivity contribution in [3.8, 4) is 5.88 Å². The number of aryl methyl sites for hydroxylation is 2. The van der Waals surface area contributed by atoms with Crippen molar-refractivity contribution in [3.63, 3.8) is 0 Å². The van der Waals surface area contributed by atoms with Crippen molar-refractivity contribution >= 4 is 10.8 Å². The van der Waals surface area contributed by atoms with Gasteiger partial charge in [-0.3, -0.25) is 0 Å². The van der Waals surface area contributed by atoms with Gasteiger partial charge in [-0.1, -0.05) is 23.4 Å². The van der Waals surface area contributed by atoms with Crippen molar-refractivity contribution in [2.45, 2.75) is 20.5 Å². The first-order chi connectivity index (χ1) is 9.25. The van der Waals surface area contributed by atoms with Crippen LogP contribution in [0.2, 0.25) is 0 Å². The summed E-state index contributed by atoms with van der Waals surface area (Å²) in [4.78, 5) is 0. The Labute approximate surface area is 110 Å². The van der Waals surface area contributed by atoms with Crippen molar-refractivity contribution in [1.82, 2.24) is 15.4 Å². The van der Waals surface area contributed by atoms with E-state index in [1.807, 2.05) is 38.1 Å². The molecule has 0 fully saturated rings. The Balaban J connectivity index is 1.90. The van der Waals surface area contributed by atoms with E-state index < -0.39 is 0 Å². The fraction of sp³-hybridized carbons (Fsp3) is 0.214. The molecule has 3 rings (SSSR count). The Morgan fingerprint density at radius 3 is 2.84 bits per heavy atom. The number of benzene rings is 1. The van der Waals surface area contributed by atoms with E-state index in [2.05, 4.69) is 15.4 Å². The molecule has 0 aliphatic heterocycles. The number of ether oxygens (including phenoxy) is 1. The molecule has 0 saturated heterocycles. The number of nitrogens with zero attached hydrogens (tertiary/aromatic N) is 3. The molecule has 2 aromatic heterocycles. The largest absolute Gasteiger partial charge is 0.471 e. The molecular formula is C14H13N3O2. The highest BCUT2D eigenvalue weighted by Crippen LogP contribution is 2.23. The fourth-order valence-corrected chi connectivity index (χ4v) is 1.96. The second-order valence-corrected chi connectivity index (χ2v) is 4.33. The van der Waals surface area contributed by atoms with Gasteiger partial charge in [-0.25, -0.2) is 0 Å². The summed E-state index contributed by atoms with van der Waals surface area (Å²) >= 11 is 0. The zero-order valence-electron chi connectivity index (χ0n) is 10.8. The highest BCUT2D eigenvalue weighted by Gasteiger charge is 2.11. The van der Waals surface area contributed by atoms with E-state index in [0.717, 1.165) is 27.8 Å². The standard InChI is InChI=1S/C14H13N3O2/c1-9-13(10(2)19-17-9)8-18-14-12-6-4-3-5-11(12)7-15-16-14/h3-7H,8H2,1-2H3.